The first-order valence-electron chi connectivity index (χ1n) is 12.2. The molecule has 13 heteroatoms. The molecule has 0 unspecified atom stereocenters. The predicted molar refractivity (Wildman–Crippen MR) is 142 cm³/mol. The highest BCUT2D eigenvalue weighted by molar-refractivity contribution is 5.87. The molecule has 0 atom stereocenters. The van der Waals surface area contributed by atoms with E-state index in [2.05, 4.69) is 5.10 Å². The number of carbonyl (C=O) groups is 1. The molecule has 0 spiro atoms. The Balaban J connectivity index is 1.87. The van der Waals surface area contributed by atoms with Crippen LogP contribution in [0.5, 0.6) is 11.5 Å². The molecule has 0 amide bonds. The third kappa shape index (κ3) is 5.16. The van der Waals surface area contributed by atoms with Gasteiger partial charge in [0.1, 0.15) is 36.5 Å². The lowest BCUT2D eigenvalue weighted by Crippen LogP contribution is -2.14. The maximum Gasteiger partial charge on any atom is 0.335 e. The lowest BCUT2D eigenvalue weighted by molar-refractivity contribution is 0.0697. The average molecular weight is 576 g/mol. The van der Waals surface area contributed by atoms with Crippen LogP contribution in [0.25, 0.3) is 16.9 Å². The Morgan fingerprint density at radius 3 is 1.86 bits per heavy atom. The van der Waals surface area contributed by atoms with Gasteiger partial charge in [-0.1, -0.05) is 0 Å². The molecule has 0 saturated carbocycles. The molecule has 0 radical (unpaired) electrons. The highest BCUT2D eigenvalue weighted by Crippen LogP contribution is 2.43. The number of benzene rings is 2. The van der Waals surface area contributed by atoms with Crippen LogP contribution in [0, 0.1) is 5.82 Å². The molecule has 12 nitrogen and oxygen atoms in total. The molecule has 0 bridgehead atoms. The van der Waals surface area contributed by atoms with E-state index < -0.39 is 64.8 Å². The highest BCUT2D eigenvalue weighted by atomic mass is 19.1. The Bertz CT molecular complexity index is 1840. The second kappa shape index (κ2) is 11.2. The number of aliphatic hydroxyl groups is 2. The summed E-state index contributed by atoms with van der Waals surface area (Å²) in [5, 5.41) is 54.9. The number of aromatic nitrogens is 2. The SMILES string of the molecule is O=C(O)c1ccc(-n2cc(C(c3oc(CO)cc(=O)c3O)c3oc(CO)cc(=O)c3O)c(-c3ccc(F)cc3)n2)cc1. The maximum absolute atomic E-state index is 13.8. The van der Waals surface area contributed by atoms with Gasteiger partial charge in [-0.3, -0.25) is 9.59 Å². The van der Waals surface area contributed by atoms with Crippen molar-refractivity contribution in [3.8, 4) is 28.4 Å². The third-order valence-corrected chi connectivity index (χ3v) is 6.39. The number of hydrogen-bond donors (Lipinski definition) is 5. The van der Waals surface area contributed by atoms with Gasteiger partial charge < -0.3 is 34.4 Å². The monoisotopic (exact) mass is 576 g/mol. The van der Waals surface area contributed by atoms with Crippen LogP contribution in [-0.4, -0.2) is 41.3 Å². The van der Waals surface area contributed by atoms with Crippen molar-refractivity contribution in [1.29, 1.82) is 0 Å². The number of carboxylic acids is 1. The van der Waals surface area contributed by atoms with Crippen molar-refractivity contribution in [3.05, 3.63) is 127 Å². The second-order valence-electron chi connectivity index (χ2n) is 9.07. The Hall–Kier alpha value is -5.53. The van der Waals surface area contributed by atoms with Crippen LogP contribution in [0.2, 0.25) is 0 Å². The number of hydrogen-bond acceptors (Lipinski definition) is 10. The Kier molecular flexibility index (Phi) is 7.44. The van der Waals surface area contributed by atoms with Crippen LogP contribution >= 0.6 is 0 Å². The summed E-state index contributed by atoms with van der Waals surface area (Å²) >= 11 is 0. The van der Waals surface area contributed by atoms with Gasteiger partial charge in [-0.25, -0.2) is 13.9 Å². The van der Waals surface area contributed by atoms with Gasteiger partial charge in [0.05, 0.1) is 16.9 Å². The first-order valence-corrected chi connectivity index (χ1v) is 12.2. The minimum absolute atomic E-state index is 0.00259. The zero-order chi connectivity index (χ0) is 30.1. The van der Waals surface area contributed by atoms with Gasteiger partial charge in [0, 0.05) is 29.5 Å². The normalized spacial score (nSPS) is 11.2. The summed E-state index contributed by atoms with van der Waals surface area (Å²) in [5.41, 5.74) is -1.07. The summed E-state index contributed by atoms with van der Waals surface area (Å²) in [7, 11) is 0. The van der Waals surface area contributed by atoms with E-state index >= 15 is 0 Å². The van der Waals surface area contributed by atoms with Crippen LogP contribution in [-0.2, 0) is 13.2 Å². The molecule has 3 heterocycles. The van der Waals surface area contributed by atoms with Gasteiger partial charge in [-0.05, 0) is 48.5 Å². The summed E-state index contributed by atoms with van der Waals surface area (Å²) in [5.74, 6) is -6.77. The molecule has 2 aromatic carbocycles. The van der Waals surface area contributed by atoms with Gasteiger partial charge in [0.25, 0.3) is 0 Å². The zero-order valence-corrected chi connectivity index (χ0v) is 21.4. The lowest BCUT2D eigenvalue weighted by atomic mass is 9.90. The van der Waals surface area contributed by atoms with Crippen molar-refractivity contribution < 1.29 is 43.6 Å². The predicted octanol–water partition coefficient (Wildman–Crippen LogP) is 2.86. The Morgan fingerprint density at radius 2 is 1.38 bits per heavy atom. The van der Waals surface area contributed by atoms with Crippen LogP contribution < -0.4 is 10.9 Å². The van der Waals surface area contributed by atoms with E-state index in [1.807, 2.05) is 0 Å². The summed E-state index contributed by atoms with van der Waals surface area (Å²) in [6.45, 7) is -1.50. The van der Waals surface area contributed by atoms with Crippen LogP contribution in [0.3, 0.4) is 0 Å². The molecular weight excluding hydrogens is 555 g/mol. The minimum atomic E-state index is -1.59. The number of halogens is 1. The zero-order valence-electron chi connectivity index (χ0n) is 21.4. The molecule has 214 valence electrons. The van der Waals surface area contributed by atoms with Crippen molar-refractivity contribution in [1.82, 2.24) is 9.78 Å². The first kappa shape index (κ1) is 28.0. The molecule has 0 aliphatic rings. The molecule has 0 fully saturated rings. The van der Waals surface area contributed by atoms with E-state index in [1.165, 1.54) is 47.3 Å². The van der Waals surface area contributed by atoms with Gasteiger partial charge in [-0.2, -0.15) is 5.10 Å². The van der Waals surface area contributed by atoms with Crippen LogP contribution in [0.15, 0.2) is 85.3 Å². The van der Waals surface area contributed by atoms with Crippen molar-refractivity contribution in [2.24, 2.45) is 0 Å². The van der Waals surface area contributed by atoms with E-state index in [9.17, 15) is 44.3 Å². The summed E-state index contributed by atoms with van der Waals surface area (Å²) in [4.78, 5) is 36.6. The third-order valence-electron chi connectivity index (χ3n) is 6.39. The lowest BCUT2D eigenvalue weighted by Gasteiger charge is -2.18. The number of carboxylic acid groups (broad SMARTS) is 1. The van der Waals surface area contributed by atoms with Crippen LogP contribution in [0.1, 0.15) is 44.9 Å². The first-order chi connectivity index (χ1) is 20.1. The molecule has 42 heavy (non-hydrogen) atoms. The number of aromatic carboxylic acids is 1. The van der Waals surface area contributed by atoms with Crippen molar-refractivity contribution in [2.75, 3.05) is 0 Å². The fraction of sp³-hybridized carbons (Fsp3) is 0.103. The van der Waals surface area contributed by atoms with E-state index in [0.717, 1.165) is 24.3 Å². The minimum Gasteiger partial charge on any atom is -0.502 e. The Morgan fingerprint density at radius 1 is 0.857 bits per heavy atom. The number of nitrogens with zero attached hydrogens (tertiary/aromatic N) is 2. The average Bonchev–Trinajstić information content (AvgIpc) is 3.42. The summed E-state index contributed by atoms with van der Waals surface area (Å²) in [6, 6.07) is 12.4. The fourth-order valence-corrected chi connectivity index (χ4v) is 4.38. The van der Waals surface area contributed by atoms with Crippen molar-refractivity contribution >= 4 is 5.97 Å². The van der Waals surface area contributed by atoms with E-state index in [4.69, 9.17) is 8.83 Å². The van der Waals surface area contributed by atoms with E-state index in [0.29, 0.717) is 11.3 Å². The standard InChI is InChI=1S/C29H21FN2O10/c30-16-5-1-14(2-6-16)24-20(11-32(31-24)17-7-3-15(4-8-17)29(39)40)23(27-25(37)21(35)9-18(12-33)41-27)28-26(38)22(36)10-19(13-34)42-28/h1-11,23,33-34,37-38H,12-13H2,(H,39,40). The smallest absolute Gasteiger partial charge is 0.335 e. The van der Waals surface area contributed by atoms with E-state index in [1.54, 1.807) is 0 Å². The van der Waals surface area contributed by atoms with Gasteiger partial charge in [0.2, 0.25) is 22.4 Å². The largest absolute Gasteiger partial charge is 0.502 e. The fourth-order valence-electron chi connectivity index (χ4n) is 4.38. The molecule has 0 aliphatic heterocycles. The summed E-state index contributed by atoms with van der Waals surface area (Å²) in [6.07, 6.45) is 1.38. The van der Waals surface area contributed by atoms with Crippen LogP contribution in [0.4, 0.5) is 4.39 Å². The number of rotatable bonds is 8. The van der Waals surface area contributed by atoms with Gasteiger partial charge >= 0.3 is 5.97 Å². The van der Waals surface area contributed by atoms with Gasteiger partial charge in [-0.15, -0.1) is 0 Å². The molecule has 5 N–H and O–H groups in total. The van der Waals surface area contributed by atoms with Gasteiger partial charge in [0.15, 0.2) is 11.5 Å². The second-order valence-corrected chi connectivity index (χ2v) is 9.07. The van der Waals surface area contributed by atoms with Crippen molar-refractivity contribution in [2.45, 2.75) is 19.1 Å². The highest BCUT2D eigenvalue weighted by Gasteiger charge is 2.35. The quantitative estimate of drug-likeness (QED) is 0.182. The molecule has 5 aromatic rings. The molecular formula is C29H21FN2O10. The van der Waals surface area contributed by atoms with Crippen molar-refractivity contribution in [3.63, 3.8) is 0 Å². The molecule has 0 saturated heterocycles. The van der Waals surface area contributed by atoms with E-state index in [-0.39, 0.29) is 28.3 Å². The maximum atomic E-state index is 13.8. The Labute approximate surface area is 234 Å². The molecule has 0 aliphatic carbocycles. The number of aliphatic hydroxyl groups excluding tert-OH is 2. The molecule has 5 rings (SSSR count). The summed E-state index contributed by atoms with van der Waals surface area (Å²) < 4.78 is 26.4. The number of aromatic hydroxyl groups is 2. The topological polar surface area (TPSA) is 196 Å². The molecule has 3 aromatic heterocycles.